The Balaban J connectivity index is 1.49. The summed E-state index contributed by atoms with van der Waals surface area (Å²) in [6.45, 7) is 5.66. The van der Waals surface area contributed by atoms with Gasteiger partial charge in [0, 0.05) is 38.4 Å². The fourth-order valence-corrected chi connectivity index (χ4v) is 3.63. The van der Waals surface area contributed by atoms with Crippen molar-refractivity contribution in [3.05, 3.63) is 36.0 Å². The highest BCUT2D eigenvalue weighted by atomic mass is 16.6. The van der Waals surface area contributed by atoms with Gasteiger partial charge in [-0.3, -0.25) is 0 Å². The fourth-order valence-electron chi connectivity index (χ4n) is 3.63. The Morgan fingerprint density at radius 1 is 1.15 bits per heavy atom. The molecule has 0 aliphatic carbocycles. The van der Waals surface area contributed by atoms with Crippen LogP contribution in [0.1, 0.15) is 18.9 Å². The van der Waals surface area contributed by atoms with Crippen molar-refractivity contribution in [3.63, 3.8) is 0 Å². The van der Waals surface area contributed by atoms with E-state index in [0.717, 1.165) is 25.2 Å². The average molecular weight is 368 g/mol. The van der Waals surface area contributed by atoms with Gasteiger partial charge in [-0.25, -0.2) is 4.79 Å². The van der Waals surface area contributed by atoms with Gasteiger partial charge in [0.05, 0.1) is 12.8 Å². The summed E-state index contributed by atoms with van der Waals surface area (Å²) >= 11 is 0. The van der Waals surface area contributed by atoms with Crippen molar-refractivity contribution in [2.45, 2.75) is 19.8 Å². The zero-order chi connectivity index (χ0) is 18.6. The van der Waals surface area contributed by atoms with Crippen molar-refractivity contribution >= 4 is 23.5 Å². The quantitative estimate of drug-likeness (QED) is 0.822. The second-order valence-corrected chi connectivity index (χ2v) is 6.67. The molecule has 1 saturated heterocycles. The number of anilines is 3. The minimum atomic E-state index is -0.255. The summed E-state index contributed by atoms with van der Waals surface area (Å²) in [4.78, 5) is 22.6. The third kappa shape index (κ3) is 3.65. The van der Waals surface area contributed by atoms with E-state index in [9.17, 15) is 4.79 Å². The molecule has 0 atom stereocenters. The van der Waals surface area contributed by atoms with E-state index >= 15 is 0 Å². The molecule has 0 unspecified atom stereocenters. The molecule has 8 heteroatoms. The summed E-state index contributed by atoms with van der Waals surface area (Å²) in [5.41, 5.74) is 2.54. The van der Waals surface area contributed by atoms with Gasteiger partial charge in [-0.2, -0.15) is 10.1 Å². The first-order chi connectivity index (χ1) is 13.3. The van der Waals surface area contributed by atoms with E-state index in [1.807, 2.05) is 6.92 Å². The molecular formula is C19H24N6O2. The number of hydrogen-bond donors (Lipinski definition) is 0. The van der Waals surface area contributed by atoms with Crippen LogP contribution in [0.25, 0.3) is 0 Å². The highest BCUT2D eigenvalue weighted by molar-refractivity contribution is 5.68. The molecule has 1 amide bonds. The molecule has 0 radical (unpaired) electrons. The summed E-state index contributed by atoms with van der Waals surface area (Å²) in [5, 5.41) is 8.41. The number of aromatic nitrogens is 3. The molecule has 0 spiro atoms. The zero-order valence-electron chi connectivity index (χ0n) is 15.5. The largest absolute Gasteiger partial charge is 0.450 e. The lowest BCUT2D eigenvalue weighted by molar-refractivity contribution is 0.105. The Bertz CT molecular complexity index is 806. The van der Waals surface area contributed by atoms with Crippen LogP contribution in [-0.4, -0.2) is 65.5 Å². The summed E-state index contributed by atoms with van der Waals surface area (Å²) in [7, 11) is 0. The monoisotopic (exact) mass is 368 g/mol. The smallest absolute Gasteiger partial charge is 0.409 e. The highest BCUT2D eigenvalue weighted by Crippen LogP contribution is 2.32. The number of nitrogens with zero attached hydrogens (tertiary/aromatic N) is 6. The molecule has 0 bridgehead atoms. The van der Waals surface area contributed by atoms with E-state index in [-0.39, 0.29) is 6.09 Å². The van der Waals surface area contributed by atoms with Gasteiger partial charge < -0.3 is 19.4 Å². The number of hydrogen-bond acceptors (Lipinski definition) is 7. The van der Waals surface area contributed by atoms with Gasteiger partial charge >= 0.3 is 6.09 Å². The number of ether oxygens (including phenoxy) is 1. The fraction of sp³-hybridized carbons (Fsp3) is 0.474. The Morgan fingerprint density at radius 2 is 1.96 bits per heavy atom. The number of benzene rings is 1. The van der Waals surface area contributed by atoms with Crippen molar-refractivity contribution in [3.8, 4) is 0 Å². The van der Waals surface area contributed by atoms with Crippen LogP contribution in [0.4, 0.5) is 22.2 Å². The molecule has 2 aliphatic rings. The highest BCUT2D eigenvalue weighted by Gasteiger charge is 2.25. The molecule has 1 fully saturated rings. The number of rotatable bonds is 3. The van der Waals surface area contributed by atoms with Crippen LogP contribution < -0.4 is 9.80 Å². The second-order valence-electron chi connectivity index (χ2n) is 6.67. The normalized spacial score (nSPS) is 16.9. The summed E-state index contributed by atoms with van der Waals surface area (Å²) < 4.78 is 5.07. The first kappa shape index (κ1) is 17.5. The number of amides is 1. The van der Waals surface area contributed by atoms with Crippen molar-refractivity contribution in [2.24, 2.45) is 0 Å². The van der Waals surface area contributed by atoms with Gasteiger partial charge in [-0.05, 0) is 31.4 Å². The Morgan fingerprint density at radius 3 is 2.78 bits per heavy atom. The van der Waals surface area contributed by atoms with E-state index < -0.39 is 0 Å². The van der Waals surface area contributed by atoms with E-state index in [1.54, 1.807) is 11.1 Å². The standard InChI is InChI=1S/C19H24N6O2/c1-2-27-19(26)24-12-10-23(11-13-24)18-21-17(14-20-22-18)25-9-5-7-15-6-3-4-8-16(15)25/h3-4,6,8,14H,2,5,7,9-13H2,1H3. The second kappa shape index (κ2) is 7.77. The van der Waals surface area contributed by atoms with E-state index in [2.05, 4.69) is 44.3 Å². The average Bonchev–Trinajstić information content (AvgIpc) is 2.74. The Kier molecular flexibility index (Phi) is 5.04. The maximum atomic E-state index is 11.9. The van der Waals surface area contributed by atoms with E-state index in [1.165, 1.54) is 11.3 Å². The SMILES string of the molecule is CCOC(=O)N1CCN(c2nncc(N3CCCc4ccccc43)n2)CC1. The molecule has 8 nitrogen and oxygen atoms in total. The van der Waals surface area contributed by atoms with E-state index in [0.29, 0.717) is 38.7 Å². The van der Waals surface area contributed by atoms with Gasteiger partial charge in [0.2, 0.25) is 5.95 Å². The summed E-state index contributed by atoms with van der Waals surface area (Å²) in [5.74, 6) is 1.43. The molecule has 1 aromatic heterocycles. The molecule has 2 aromatic rings. The Labute approximate surface area is 158 Å². The number of para-hydroxylation sites is 1. The van der Waals surface area contributed by atoms with Crippen LogP contribution in [0.3, 0.4) is 0 Å². The molecule has 0 N–H and O–H groups in total. The lowest BCUT2D eigenvalue weighted by Crippen LogP contribution is -2.49. The van der Waals surface area contributed by atoms with Crippen LogP contribution in [0.15, 0.2) is 30.5 Å². The van der Waals surface area contributed by atoms with Gasteiger partial charge in [0.15, 0.2) is 5.82 Å². The van der Waals surface area contributed by atoms with Gasteiger partial charge in [0.25, 0.3) is 0 Å². The maximum Gasteiger partial charge on any atom is 0.409 e. The summed E-state index contributed by atoms with van der Waals surface area (Å²) in [6, 6.07) is 8.44. The number of carbonyl (C=O) groups is 1. The lowest BCUT2D eigenvalue weighted by atomic mass is 10.0. The molecule has 0 saturated carbocycles. The van der Waals surface area contributed by atoms with Crippen LogP contribution in [-0.2, 0) is 11.2 Å². The molecule has 4 rings (SSSR count). The number of piperazine rings is 1. The first-order valence-corrected chi connectivity index (χ1v) is 9.48. The Hall–Kier alpha value is -2.90. The lowest BCUT2D eigenvalue weighted by Gasteiger charge is -2.34. The third-order valence-electron chi connectivity index (χ3n) is 5.01. The zero-order valence-corrected chi connectivity index (χ0v) is 15.5. The van der Waals surface area contributed by atoms with Gasteiger partial charge in [-0.15, -0.1) is 5.10 Å². The van der Waals surface area contributed by atoms with Crippen molar-refractivity contribution in [2.75, 3.05) is 49.1 Å². The van der Waals surface area contributed by atoms with Crippen molar-refractivity contribution in [1.82, 2.24) is 20.1 Å². The predicted octanol–water partition coefficient (Wildman–Crippen LogP) is 2.23. The molecule has 142 valence electrons. The topological polar surface area (TPSA) is 74.7 Å². The number of aryl methyl sites for hydroxylation is 1. The van der Waals surface area contributed by atoms with Gasteiger partial charge in [0.1, 0.15) is 0 Å². The first-order valence-electron chi connectivity index (χ1n) is 9.48. The van der Waals surface area contributed by atoms with Crippen LogP contribution in [0.2, 0.25) is 0 Å². The summed E-state index contributed by atoms with van der Waals surface area (Å²) in [6.07, 6.45) is 3.65. The van der Waals surface area contributed by atoms with Gasteiger partial charge in [-0.1, -0.05) is 18.2 Å². The van der Waals surface area contributed by atoms with E-state index in [4.69, 9.17) is 9.72 Å². The van der Waals surface area contributed by atoms with Crippen LogP contribution in [0.5, 0.6) is 0 Å². The number of fused-ring (bicyclic) bond motifs is 1. The van der Waals surface area contributed by atoms with Crippen molar-refractivity contribution in [1.29, 1.82) is 0 Å². The molecule has 27 heavy (non-hydrogen) atoms. The molecule has 2 aliphatic heterocycles. The molecule has 3 heterocycles. The van der Waals surface area contributed by atoms with Crippen LogP contribution >= 0.6 is 0 Å². The molecular weight excluding hydrogens is 344 g/mol. The minimum absolute atomic E-state index is 0.255. The minimum Gasteiger partial charge on any atom is -0.450 e. The molecule has 1 aromatic carbocycles. The predicted molar refractivity (Wildman–Crippen MR) is 102 cm³/mol. The van der Waals surface area contributed by atoms with Crippen molar-refractivity contribution < 1.29 is 9.53 Å². The maximum absolute atomic E-state index is 11.9. The third-order valence-corrected chi connectivity index (χ3v) is 5.01. The number of carbonyl (C=O) groups excluding carboxylic acids is 1. The van der Waals surface area contributed by atoms with Crippen LogP contribution in [0, 0.1) is 0 Å².